The molecule has 0 spiro atoms. The number of ether oxygens (including phenoxy) is 2. The Kier molecular flexibility index (Phi) is 3.59. The van der Waals surface area contributed by atoms with Gasteiger partial charge in [-0.05, 0) is 24.1 Å². The molecule has 0 atom stereocenters. The molecule has 0 saturated carbocycles. The summed E-state index contributed by atoms with van der Waals surface area (Å²) in [6.45, 7) is 0.111. The van der Waals surface area contributed by atoms with Crippen LogP contribution in [0.15, 0.2) is 12.1 Å². The molecule has 6 heteroatoms. The molecule has 102 valence electrons. The van der Waals surface area contributed by atoms with Crippen LogP contribution in [0.3, 0.4) is 0 Å². The van der Waals surface area contributed by atoms with Crippen molar-refractivity contribution in [2.24, 2.45) is 0 Å². The van der Waals surface area contributed by atoms with Crippen LogP contribution in [-0.4, -0.2) is 49.2 Å². The van der Waals surface area contributed by atoms with Crippen LogP contribution in [0.5, 0.6) is 11.5 Å². The lowest BCUT2D eigenvalue weighted by Crippen LogP contribution is -2.40. The molecule has 1 aliphatic heterocycles. The second kappa shape index (κ2) is 5.17. The molecular weight excluding hydrogens is 250 g/mol. The van der Waals surface area contributed by atoms with Gasteiger partial charge >= 0.3 is 5.97 Å². The minimum Gasteiger partial charge on any atom is -0.493 e. The van der Waals surface area contributed by atoms with E-state index in [-0.39, 0.29) is 12.5 Å². The Morgan fingerprint density at radius 1 is 1.32 bits per heavy atom. The summed E-state index contributed by atoms with van der Waals surface area (Å²) >= 11 is 0. The number of aliphatic carboxylic acids is 1. The maximum atomic E-state index is 12.2. The highest BCUT2D eigenvalue weighted by Crippen LogP contribution is 2.33. The molecular formula is C13H15NO5. The van der Waals surface area contributed by atoms with Crippen molar-refractivity contribution < 1.29 is 24.2 Å². The van der Waals surface area contributed by atoms with Crippen molar-refractivity contribution in [2.75, 3.05) is 27.3 Å². The molecule has 0 saturated heterocycles. The second-order valence-corrected chi connectivity index (χ2v) is 4.23. The van der Waals surface area contributed by atoms with Gasteiger partial charge in [-0.1, -0.05) is 0 Å². The van der Waals surface area contributed by atoms with E-state index in [9.17, 15) is 9.59 Å². The smallest absolute Gasteiger partial charge is 0.323 e. The summed E-state index contributed by atoms with van der Waals surface area (Å²) in [6.07, 6.45) is 0.606. The molecule has 0 aliphatic carbocycles. The summed E-state index contributed by atoms with van der Waals surface area (Å²) in [5.41, 5.74) is 1.33. The van der Waals surface area contributed by atoms with Crippen LogP contribution in [0, 0.1) is 0 Å². The fourth-order valence-electron chi connectivity index (χ4n) is 2.17. The molecule has 0 aromatic heterocycles. The summed E-state index contributed by atoms with van der Waals surface area (Å²) in [7, 11) is 3.03. The fourth-order valence-corrected chi connectivity index (χ4v) is 2.17. The minimum absolute atomic E-state index is 0.285. The van der Waals surface area contributed by atoms with E-state index < -0.39 is 5.97 Å². The van der Waals surface area contributed by atoms with Gasteiger partial charge in [-0.3, -0.25) is 9.59 Å². The summed E-state index contributed by atoms with van der Waals surface area (Å²) in [5, 5.41) is 8.78. The lowest BCUT2D eigenvalue weighted by molar-refractivity contribution is -0.137. The zero-order chi connectivity index (χ0) is 14.0. The molecule has 19 heavy (non-hydrogen) atoms. The highest BCUT2D eigenvalue weighted by atomic mass is 16.5. The van der Waals surface area contributed by atoms with Crippen LogP contribution < -0.4 is 9.47 Å². The van der Waals surface area contributed by atoms with Gasteiger partial charge in [0.25, 0.3) is 5.91 Å². The van der Waals surface area contributed by atoms with Crippen LogP contribution in [0.1, 0.15) is 15.9 Å². The number of amides is 1. The lowest BCUT2D eigenvalue weighted by atomic mass is 9.98. The number of carbonyl (C=O) groups excluding carboxylic acids is 1. The van der Waals surface area contributed by atoms with Crippen molar-refractivity contribution >= 4 is 11.9 Å². The standard InChI is InChI=1S/C13H15NO5/c1-18-10-5-8-3-4-14(7-12(15)16)13(17)9(8)6-11(10)19-2/h5-6H,3-4,7H2,1-2H3,(H,15,16). The molecule has 0 unspecified atom stereocenters. The molecule has 1 heterocycles. The van der Waals surface area contributed by atoms with E-state index in [0.717, 1.165) is 5.56 Å². The molecule has 6 nitrogen and oxygen atoms in total. The number of carboxylic acid groups (broad SMARTS) is 1. The van der Waals surface area contributed by atoms with E-state index in [1.165, 1.54) is 19.1 Å². The largest absolute Gasteiger partial charge is 0.493 e. The first-order chi connectivity index (χ1) is 9.06. The van der Waals surface area contributed by atoms with Crippen LogP contribution in [-0.2, 0) is 11.2 Å². The second-order valence-electron chi connectivity index (χ2n) is 4.23. The van der Waals surface area contributed by atoms with Crippen molar-refractivity contribution in [3.05, 3.63) is 23.3 Å². The Balaban J connectivity index is 2.37. The van der Waals surface area contributed by atoms with E-state index in [2.05, 4.69) is 0 Å². The van der Waals surface area contributed by atoms with Gasteiger partial charge < -0.3 is 19.5 Å². The third-order valence-electron chi connectivity index (χ3n) is 3.10. The molecule has 0 bridgehead atoms. The third kappa shape index (κ3) is 2.47. The zero-order valence-corrected chi connectivity index (χ0v) is 10.8. The van der Waals surface area contributed by atoms with Crippen molar-refractivity contribution in [1.82, 2.24) is 4.90 Å². The average Bonchev–Trinajstić information content (AvgIpc) is 2.40. The topological polar surface area (TPSA) is 76.1 Å². The van der Waals surface area contributed by atoms with E-state index in [1.54, 1.807) is 12.1 Å². The third-order valence-corrected chi connectivity index (χ3v) is 3.10. The van der Waals surface area contributed by atoms with Gasteiger partial charge in [0.05, 0.1) is 14.2 Å². The number of nitrogens with zero attached hydrogens (tertiary/aromatic N) is 1. The van der Waals surface area contributed by atoms with E-state index in [0.29, 0.717) is 30.0 Å². The Bertz CT molecular complexity index is 526. The number of fused-ring (bicyclic) bond motifs is 1. The molecule has 1 aromatic rings. The predicted molar refractivity (Wildman–Crippen MR) is 66.8 cm³/mol. The van der Waals surface area contributed by atoms with Crippen LogP contribution in [0.4, 0.5) is 0 Å². The molecule has 2 rings (SSSR count). The van der Waals surface area contributed by atoms with Gasteiger partial charge in [-0.15, -0.1) is 0 Å². The number of benzene rings is 1. The minimum atomic E-state index is -1.02. The number of methoxy groups -OCH3 is 2. The van der Waals surface area contributed by atoms with Gasteiger partial charge in [0.1, 0.15) is 6.54 Å². The zero-order valence-electron chi connectivity index (χ0n) is 10.8. The number of carboxylic acids is 1. The first-order valence-electron chi connectivity index (χ1n) is 5.82. The van der Waals surface area contributed by atoms with Crippen molar-refractivity contribution in [3.63, 3.8) is 0 Å². The maximum absolute atomic E-state index is 12.2. The summed E-state index contributed by atoms with van der Waals surface area (Å²) in [4.78, 5) is 24.2. The Morgan fingerprint density at radius 3 is 2.53 bits per heavy atom. The maximum Gasteiger partial charge on any atom is 0.323 e. The van der Waals surface area contributed by atoms with Crippen LogP contribution >= 0.6 is 0 Å². The van der Waals surface area contributed by atoms with Gasteiger partial charge in [-0.2, -0.15) is 0 Å². The van der Waals surface area contributed by atoms with E-state index in [1.807, 2.05) is 0 Å². The SMILES string of the molecule is COc1cc2c(cc1OC)C(=O)N(CC(=O)O)CC2. The summed E-state index contributed by atoms with van der Waals surface area (Å²) in [6, 6.07) is 3.37. The van der Waals surface area contributed by atoms with E-state index in [4.69, 9.17) is 14.6 Å². The van der Waals surface area contributed by atoms with Gasteiger partial charge in [0.2, 0.25) is 0 Å². The first kappa shape index (κ1) is 13.2. The fraction of sp³-hybridized carbons (Fsp3) is 0.385. The molecule has 1 aromatic carbocycles. The quantitative estimate of drug-likeness (QED) is 0.871. The first-order valence-corrected chi connectivity index (χ1v) is 5.82. The van der Waals surface area contributed by atoms with Crippen LogP contribution in [0.25, 0.3) is 0 Å². The highest BCUT2D eigenvalue weighted by Gasteiger charge is 2.27. The normalized spacial score (nSPS) is 14.0. The molecule has 1 amide bonds. The summed E-state index contributed by atoms with van der Waals surface area (Å²) < 4.78 is 10.3. The Morgan fingerprint density at radius 2 is 1.95 bits per heavy atom. The van der Waals surface area contributed by atoms with Crippen molar-refractivity contribution in [1.29, 1.82) is 0 Å². The van der Waals surface area contributed by atoms with Crippen molar-refractivity contribution in [3.8, 4) is 11.5 Å². The number of hydrogen-bond donors (Lipinski definition) is 1. The predicted octanol–water partition coefficient (Wildman–Crippen LogP) is 0.787. The number of carbonyl (C=O) groups is 2. The molecule has 0 radical (unpaired) electrons. The van der Waals surface area contributed by atoms with Gasteiger partial charge in [0.15, 0.2) is 11.5 Å². The van der Waals surface area contributed by atoms with E-state index >= 15 is 0 Å². The number of hydrogen-bond acceptors (Lipinski definition) is 4. The lowest BCUT2D eigenvalue weighted by Gasteiger charge is -2.27. The molecule has 0 fully saturated rings. The summed E-state index contributed by atoms with van der Waals surface area (Å²) in [5.74, 6) is -0.269. The van der Waals surface area contributed by atoms with Gasteiger partial charge in [-0.25, -0.2) is 0 Å². The number of rotatable bonds is 4. The highest BCUT2D eigenvalue weighted by molar-refractivity contribution is 5.98. The van der Waals surface area contributed by atoms with Crippen molar-refractivity contribution in [2.45, 2.75) is 6.42 Å². The monoisotopic (exact) mass is 265 g/mol. The van der Waals surface area contributed by atoms with Gasteiger partial charge in [0, 0.05) is 12.1 Å². The average molecular weight is 265 g/mol. The Labute approximate surface area is 110 Å². The van der Waals surface area contributed by atoms with Crippen LogP contribution in [0.2, 0.25) is 0 Å². The Hall–Kier alpha value is -2.24. The molecule has 1 aliphatic rings. The molecule has 1 N–H and O–H groups in total.